The second-order valence-electron chi connectivity index (χ2n) is 8.71. The molecule has 158 valence electrons. The zero-order chi connectivity index (χ0) is 21.1. The van der Waals surface area contributed by atoms with Gasteiger partial charge in [0.05, 0.1) is 18.6 Å². The summed E-state index contributed by atoms with van der Waals surface area (Å²) in [7, 11) is 3.70. The lowest BCUT2D eigenvalue weighted by Crippen LogP contribution is -2.77. The van der Waals surface area contributed by atoms with E-state index in [1.165, 1.54) is 6.08 Å². The highest BCUT2D eigenvalue weighted by Gasteiger charge is 2.75. The van der Waals surface area contributed by atoms with Crippen LogP contribution in [0.2, 0.25) is 0 Å². The van der Waals surface area contributed by atoms with E-state index in [2.05, 4.69) is 18.0 Å². The molecule has 1 saturated carbocycles. The van der Waals surface area contributed by atoms with Gasteiger partial charge in [0, 0.05) is 18.1 Å². The number of benzene rings is 1. The Bertz CT molecular complexity index is 982. The third-order valence-electron chi connectivity index (χ3n) is 7.51. The third kappa shape index (κ3) is 2.28. The number of esters is 1. The van der Waals surface area contributed by atoms with Gasteiger partial charge in [-0.25, -0.2) is 4.79 Å². The number of likely N-dealkylation sites (N-methyl/N-ethyl adjacent to an activating group) is 1. The molecule has 1 spiro atoms. The van der Waals surface area contributed by atoms with Crippen molar-refractivity contribution in [2.75, 3.05) is 20.7 Å². The van der Waals surface area contributed by atoms with Crippen molar-refractivity contribution in [3.05, 3.63) is 47.6 Å². The molecule has 2 heterocycles. The first-order valence-corrected chi connectivity index (χ1v) is 10.6. The van der Waals surface area contributed by atoms with E-state index in [4.69, 9.17) is 14.2 Å². The number of rotatable bonds is 4. The number of likely N-dealkylation sites (tertiary alicyclic amines) is 1. The van der Waals surface area contributed by atoms with E-state index >= 15 is 0 Å². The van der Waals surface area contributed by atoms with Crippen LogP contribution in [0.3, 0.4) is 0 Å². The number of carbonyl (C=O) groups excluding carboxylic acids is 2. The first-order chi connectivity index (χ1) is 14.5. The molecule has 2 aliphatic heterocycles. The van der Waals surface area contributed by atoms with E-state index in [0.29, 0.717) is 30.8 Å². The quantitative estimate of drug-likeness (QED) is 0.433. The first kappa shape index (κ1) is 19.4. The van der Waals surface area contributed by atoms with Crippen molar-refractivity contribution in [2.45, 2.75) is 55.8 Å². The van der Waals surface area contributed by atoms with Crippen LogP contribution in [0.25, 0.3) is 0 Å². The molecule has 0 aromatic heterocycles. The molecule has 30 heavy (non-hydrogen) atoms. The smallest absolute Gasteiger partial charge is 0.331 e. The standard InChI is InChI=1S/C24H27NO5/c1-4-5-6-7-19(27)30-24-11-10-16(26)22-23(24)12-13-25(2)18(24)14-15-8-9-17(28-3)21(29-22)20(15)23/h4-9,18,22H,10-14H2,1-3H3/b5-4+,7-6+/t18-,22+,23+,24-/m1/s1. The Labute approximate surface area is 176 Å². The maximum Gasteiger partial charge on any atom is 0.331 e. The molecular weight excluding hydrogens is 382 g/mol. The fraction of sp³-hybridized carbons (Fsp3) is 0.500. The van der Waals surface area contributed by atoms with Gasteiger partial charge in [0.2, 0.25) is 0 Å². The maximum absolute atomic E-state index is 13.1. The van der Waals surface area contributed by atoms with Crippen molar-refractivity contribution in [3.8, 4) is 11.5 Å². The second kappa shape index (κ2) is 6.71. The van der Waals surface area contributed by atoms with Crippen LogP contribution in [0, 0.1) is 0 Å². The number of Topliss-reactive ketones (excluding diaryl/α,β-unsaturated/α-hetero) is 1. The Morgan fingerprint density at radius 3 is 2.90 bits per heavy atom. The lowest BCUT2D eigenvalue weighted by atomic mass is 9.49. The van der Waals surface area contributed by atoms with Crippen LogP contribution >= 0.6 is 0 Å². The predicted octanol–water partition coefficient (Wildman–Crippen LogP) is 2.73. The minimum absolute atomic E-state index is 0.00337. The Kier molecular flexibility index (Phi) is 4.33. The molecule has 2 fully saturated rings. The second-order valence-corrected chi connectivity index (χ2v) is 8.71. The molecule has 0 N–H and O–H groups in total. The third-order valence-corrected chi connectivity index (χ3v) is 7.51. The van der Waals surface area contributed by atoms with Crippen LogP contribution in [-0.4, -0.2) is 55.1 Å². The molecule has 1 saturated heterocycles. The summed E-state index contributed by atoms with van der Waals surface area (Å²) in [5.41, 5.74) is 0.715. The zero-order valence-corrected chi connectivity index (χ0v) is 17.6. The van der Waals surface area contributed by atoms with Gasteiger partial charge in [-0.3, -0.25) is 9.69 Å². The van der Waals surface area contributed by atoms with Crippen molar-refractivity contribution in [1.29, 1.82) is 0 Å². The van der Waals surface area contributed by atoms with Crippen LogP contribution in [-0.2, 0) is 26.2 Å². The maximum atomic E-state index is 13.1. The molecule has 2 aliphatic carbocycles. The van der Waals surface area contributed by atoms with Crippen LogP contribution < -0.4 is 9.47 Å². The summed E-state index contributed by atoms with van der Waals surface area (Å²) in [5.74, 6) is 1.00. The molecule has 0 radical (unpaired) electrons. The number of carbonyl (C=O) groups is 2. The average molecular weight is 409 g/mol. The molecule has 2 bridgehead atoms. The van der Waals surface area contributed by atoms with Gasteiger partial charge in [0.15, 0.2) is 23.4 Å². The van der Waals surface area contributed by atoms with E-state index in [9.17, 15) is 9.59 Å². The number of ether oxygens (including phenoxy) is 3. The lowest BCUT2D eigenvalue weighted by molar-refractivity contribution is -0.209. The SMILES string of the molecule is C/C=C/C=C/C(=O)O[C@@]12CCC(=O)[C@@H]3Oc4c(OC)ccc5c4[C@@]31CCN(C)[C@@H]2C5. The summed E-state index contributed by atoms with van der Waals surface area (Å²) in [6, 6.07) is 3.99. The van der Waals surface area contributed by atoms with Crippen molar-refractivity contribution in [1.82, 2.24) is 4.90 Å². The lowest BCUT2D eigenvalue weighted by Gasteiger charge is -2.63. The van der Waals surface area contributed by atoms with Gasteiger partial charge < -0.3 is 14.2 Å². The summed E-state index contributed by atoms with van der Waals surface area (Å²) >= 11 is 0. The van der Waals surface area contributed by atoms with Crippen LogP contribution in [0.1, 0.15) is 37.3 Å². The van der Waals surface area contributed by atoms with Gasteiger partial charge in [-0.15, -0.1) is 0 Å². The highest BCUT2D eigenvalue weighted by molar-refractivity contribution is 5.91. The van der Waals surface area contributed by atoms with E-state index in [0.717, 1.165) is 24.1 Å². The highest BCUT2D eigenvalue weighted by Crippen LogP contribution is 2.65. The van der Waals surface area contributed by atoms with Gasteiger partial charge in [-0.1, -0.05) is 24.3 Å². The van der Waals surface area contributed by atoms with Gasteiger partial charge in [-0.05, 0) is 51.4 Å². The van der Waals surface area contributed by atoms with E-state index < -0.39 is 17.1 Å². The van der Waals surface area contributed by atoms with Gasteiger partial charge in [0.1, 0.15) is 5.60 Å². The van der Waals surface area contributed by atoms with Crippen molar-refractivity contribution in [3.63, 3.8) is 0 Å². The summed E-state index contributed by atoms with van der Waals surface area (Å²) in [6.45, 7) is 2.72. The molecule has 5 rings (SSSR count). The Morgan fingerprint density at radius 2 is 2.13 bits per heavy atom. The van der Waals surface area contributed by atoms with Crippen LogP contribution in [0.15, 0.2) is 36.4 Å². The fourth-order valence-corrected chi connectivity index (χ4v) is 6.32. The number of methoxy groups -OCH3 is 1. The summed E-state index contributed by atoms with van der Waals surface area (Å²) in [4.78, 5) is 28.3. The topological polar surface area (TPSA) is 65.1 Å². The number of hydrogen-bond donors (Lipinski definition) is 0. The largest absolute Gasteiger partial charge is 0.493 e. The number of ketones is 1. The number of hydrogen-bond acceptors (Lipinski definition) is 6. The summed E-state index contributed by atoms with van der Waals surface area (Å²) in [6.07, 6.45) is 8.49. The van der Waals surface area contributed by atoms with Crippen LogP contribution in [0.4, 0.5) is 0 Å². The first-order valence-electron chi connectivity index (χ1n) is 10.6. The fourth-order valence-electron chi connectivity index (χ4n) is 6.32. The normalized spacial score (nSPS) is 34.2. The van der Waals surface area contributed by atoms with Crippen molar-refractivity contribution in [2.24, 2.45) is 0 Å². The Morgan fingerprint density at radius 1 is 1.30 bits per heavy atom. The molecule has 4 aliphatic rings. The van der Waals surface area contributed by atoms with E-state index in [-0.39, 0.29) is 17.8 Å². The average Bonchev–Trinajstić information content (AvgIpc) is 3.09. The van der Waals surface area contributed by atoms with Crippen molar-refractivity contribution < 1.29 is 23.8 Å². The van der Waals surface area contributed by atoms with Gasteiger partial charge in [0.25, 0.3) is 0 Å². The molecular formula is C24H27NO5. The molecule has 1 aromatic rings. The number of allylic oxidation sites excluding steroid dienone is 3. The molecule has 0 amide bonds. The predicted molar refractivity (Wildman–Crippen MR) is 111 cm³/mol. The zero-order valence-electron chi connectivity index (χ0n) is 17.6. The molecule has 4 atom stereocenters. The molecule has 0 unspecified atom stereocenters. The molecule has 6 heteroatoms. The number of piperidine rings is 1. The molecule has 6 nitrogen and oxygen atoms in total. The Balaban J connectivity index is 1.72. The summed E-state index contributed by atoms with van der Waals surface area (Å²) in [5, 5.41) is 0. The van der Waals surface area contributed by atoms with Gasteiger partial charge >= 0.3 is 5.97 Å². The minimum atomic E-state index is -0.805. The minimum Gasteiger partial charge on any atom is -0.493 e. The van der Waals surface area contributed by atoms with Gasteiger partial charge in [-0.2, -0.15) is 0 Å². The van der Waals surface area contributed by atoms with Crippen molar-refractivity contribution >= 4 is 11.8 Å². The number of nitrogens with zero attached hydrogens (tertiary/aromatic N) is 1. The highest BCUT2D eigenvalue weighted by atomic mass is 16.6. The Hall–Kier alpha value is -2.60. The monoisotopic (exact) mass is 409 g/mol. The van der Waals surface area contributed by atoms with Crippen LogP contribution in [0.5, 0.6) is 11.5 Å². The summed E-state index contributed by atoms with van der Waals surface area (Å²) < 4.78 is 18.3. The van der Waals surface area contributed by atoms with E-state index in [1.807, 2.05) is 19.1 Å². The van der Waals surface area contributed by atoms with E-state index in [1.54, 1.807) is 19.3 Å². The molecule has 1 aromatic carbocycles.